The fourth-order valence-corrected chi connectivity index (χ4v) is 1.50. The third-order valence-electron chi connectivity index (χ3n) is 2.48. The zero-order valence-corrected chi connectivity index (χ0v) is 11.3. The second-order valence-electron chi connectivity index (χ2n) is 3.81. The standard InChI is InChI=1S/C11H13F2N3.HI/c12-10(13)8-6-9(8)16-11(14)15-7-4-2-1-3-5-7;/h1-5,8-10H,6H2,(H3,14,15,16);1H/t8-,9-;/m0./s1. The average molecular weight is 353 g/mol. The minimum Gasteiger partial charge on any atom is -0.370 e. The van der Waals surface area contributed by atoms with Crippen LogP contribution in [-0.4, -0.2) is 18.4 Å². The van der Waals surface area contributed by atoms with Crippen LogP contribution >= 0.6 is 24.0 Å². The summed E-state index contributed by atoms with van der Waals surface area (Å²) < 4.78 is 24.4. The molecule has 0 saturated heterocycles. The van der Waals surface area contributed by atoms with Gasteiger partial charge in [-0.15, -0.1) is 24.0 Å². The maximum absolute atomic E-state index is 12.2. The van der Waals surface area contributed by atoms with Gasteiger partial charge in [0.1, 0.15) is 0 Å². The maximum Gasteiger partial charge on any atom is 0.243 e. The van der Waals surface area contributed by atoms with E-state index in [4.69, 9.17) is 5.73 Å². The highest BCUT2D eigenvalue weighted by Gasteiger charge is 2.44. The first-order valence-corrected chi connectivity index (χ1v) is 5.10. The van der Waals surface area contributed by atoms with Crippen molar-refractivity contribution >= 4 is 35.6 Å². The van der Waals surface area contributed by atoms with E-state index in [0.717, 1.165) is 5.69 Å². The van der Waals surface area contributed by atoms with Gasteiger partial charge in [-0.2, -0.15) is 0 Å². The molecule has 0 amide bonds. The summed E-state index contributed by atoms with van der Waals surface area (Å²) in [5.74, 6) is -0.421. The number of nitrogens with zero attached hydrogens (tertiary/aromatic N) is 1. The van der Waals surface area contributed by atoms with E-state index < -0.39 is 12.3 Å². The van der Waals surface area contributed by atoms with E-state index in [9.17, 15) is 8.78 Å². The quantitative estimate of drug-likeness (QED) is 0.499. The number of para-hydroxylation sites is 1. The summed E-state index contributed by atoms with van der Waals surface area (Å²) in [6.45, 7) is 0. The third kappa shape index (κ3) is 4.10. The number of nitrogens with one attached hydrogen (secondary N) is 1. The predicted molar refractivity (Wildman–Crippen MR) is 75.0 cm³/mol. The highest BCUT2D eigenvalue weighted by molar-refractivity contribution is 14.0. The Morgan fingerprint density at radius 2 is 2.00 bits per heavy atom. The van der Waals surface area contributed by atoms with E-state index in [1.54, 1.807) is 0 Å². The summed E-state index contributed by atoms with van der Waals surface area (Å²) in [6, 6.07) is 8.94. The smallest absolute Gasteiger partial charge is 0.243 e. The molecule has 0 spiro atoms. The van der Waals surface area contributed by atoms with Gasteiger partial charge in [-0.25, -0.2) is 13.8 Å². The van der Waals surface area contributed by atoms with Crippen LogP contribution in [0.2, 0.25) is 0 Å². The Morgan fingerprint density at radius 1 is 1.35 bits per heavy atom. The Labute approximate surface area is 116 Å². The van der Waals surface area contributed by atoms with Crippen molar-refractivity contribution in [2.24, 2.45) is 16.6 Å². The van der Waals surface area contributed by atoms with Gasteiger partial charge >= 0.3 is 0 Å². The second kappa shape index (κ2) is 6.13. The molecule has 1 saturated carbocycles. The molecule has 3 N–H and O–H groups in total. The lowest BCUT2D eigenvalue weighted by Gasteiger charge is -2.04. The molecule has 0 heterocycles. The zero-order valence-electron chi connectivity index (χ0n) is 9.01. The van der Waals surface area contributed by atoms with Crippen LogP contribution in [0.25, 0.3) is 0 Å². The summed E-state index contributed by atoms with van der Waals surface area (Å²) in [6.07, 6.45) is -1.87. The number of nitrogens with two attached hydrogens (primary N) is 1. The van der Waals surface area contributed by atoms with E-state index in [0.29, 0.717) is 6.42 Å². The van der Waals surface area contributed by atoms with Crippen LogP contribution in [0.1, 0.15) is 6.42 Å². The number of halogens is 3. The molecule has 2 atom stereocenters. The van der Waals surface area contributed by atoms with Gasteiger partial charge in [0, 0.05) is 11.6 Å². The molecule has 1 aromatic rings. The SMILES string of the molecule is I.NC(=N[C@H]1C[C@@H]1C(F)F)Nc1ccccc1. The van der Waals surface area contributed by atoms with E-state index in [-0.39, 0.29) is 36.0 Å². The van der Waals surface area contributed by atoms with Gasteiger partial charge in [-0.1, -0.05) is 18.2 Å². The number of alkyl halides is 2. The summed E-state index contributed by atoms with van der Waals surface area (Å²) in [5.41, 5.74) is 6.41. The molecule has 17 heavy (non-hydrogen) atoms. The second-order valence-corrected chi connectivity index (χ2v) is 3.81. The minimum atomic E-state index is -2.29. The molecule has 0 bridgehead atoms. The van der Waals surface area contributed by atoms with Crippen LogP contribution < -0.4 is 11.1 Å². The van der Waals surface area contributed by atoms with Crippen molar-refractivity contribution in [3.05, 3.63) is 30.3 Å². The van der Waals surface area contributed by atoms with Crippen LogP contribution in [0.15, 0.2) is 35.3 Å². The van der Waals surface area contributed by atoms with Gasteiger partial charge in [-0.3, -0.25) is 0 Å². The van der Waals surface area contributed by atoms with E-state index in [1.165, 1.54) is 0 Å². The van der Waals surface area contributed by atoms with Gasteiger partial charge in [0.15, 0.2) is 5.96 Å². The molecule has 0 aromatic heterocycles. The minimum absolute atomic E-state index is 0. The largest absolute Gasteiger partial charge is 0.370 e. The molecule has 1 aliphatic rings. The number of guanidine groups is 1. The molecule has 2 rings (SSSR count). The lowest BCUT2D eigenvalue weighted by atomic mass is 10.3. The summed E-state index contributed by atoms with van der Waals surface area (Å²) in [4.78, 5) is 3.99. The monoisotopic (exact) mass is 353 g/mol. The fraction of sp³-hybridized carbons (Fsp3) is 0.364. The highest BCUT2D eigenvalue weighted by Crippen LogP contribution is 2.38. The Hall–Kier alpha value is -0.920. The van der Waals surface area contributed by atoms with Gasteiger partial charge < -0.3 is 11.1 Å². The van der Waals surface area contributed by atoms with Crippen molar-refractivity contribution in [2.45, 2.75) is 18.9 Å². The van der Waals surface area contributed by atoms with E-state index in [1.807, 2.05) is 30.3 Å². The van der Waals surface area contributed by atoms with Gasteiger partial charge in [0.25, 0.3) is 0 Å². The molecule has 94 valence electrons. The first-order valence-electron chi connectivity index (χ1n) is 5.10. The highest BCUT2D eigenvalue weighted by atomic mass is 127. The molecule has 3 nitrogen and oxygen atoms in total. The van der Waals surface area contributed by atoms with Crippen LogP contribution in [0.4, 0.5) is 14.5 Å². The Balaban J connectivity index is 0.00000144. The van der Waals surface area contributed by atoms with Gasteiger partial charge in [0.05, 0.1) is 6.04 Å². The lowest BCUT2D eigenvalue weighted by molar-refractivity contribution is 0.121. The topological polar surface area (TPSA) is 50.4 Å². The molecular weight excluding hydrogens is 339 g/mol. The Bertz CT molecular complexity index is 384. The van der Waals surface area contributed by atoms with E-state index >= 15 is 0 Å². The number of hydrogen-bond donors (Lipinski definition) is 2. The summed E-state index contributed by atoms with van der Waals surface area (Å²) in [7, 11) is 0. The van der Waals surface area contributed by atoms with Crippen molar-refractivity contribution in [3.63, 3.8) is 0 Å². The van der Waals surface area contributed by atoms with Crippen LogP contribution in [-0.2, 0) is 0 Å². The van der Waals surface area contributed by atoms with Gasteiger partial charge in [-0.05, 0) is 18.6 Å². The third-order valence-corrected chi connectivity index (χ3v) is 2.48. The van der Waals surface area contributed by atoms with Crippen LogP contribution in [0.5, 0.6) is 0 Å². The van der Waals surface area contributed by atoms with Crippen LogP contribution in [0.3, 0.4) is 0 Å². The average Bonchev–Trinajstić information content (AvgIpc) is 2.98. The van der Waals surface area contributed by atoms with Crippen LogP contribution in [0, 0.1) is 5.92 Å². The van der Waals surface area contributed by atoms with Crippen molar-refractivity contribution in [2.75, 3.05) is 5.32 Å². The first-order chi connectivity index (χ1) is 7.66. The molecule has 6 heteroatoms. The van der Waals surface area contributed by atoms with Crippen molar-refractivity contribution in [3.8, 4) is 0 Å². The van der Waals surface area contributed by atoms with Crippen molar-refractivity contribution in [1.82, 2.24) is 0 Å². The molecule has 0 aliphatic heterocycles. The molecule has 1 fully saturated rings. The number of hydrogen-bond acceptors (Lipinski definition) is 1. The number of rotatable bonds is 3. The molecule has 1 aromatic carbocycles. The van der Waals surface area contributed by atoms with E-state index in [2.05, 4.69) is 10.3 Å². The Morgan fingerprint density at radius 3 is 2.53 bits per heavy atom. The fourth-order valence-electron chi connectivity index (χ4n) is 1.50. The molecule has 0 radical (unpaired) electrons. The number of aliphatic imine (C=N–C) groups is 1. The molecule has 0 unspecified atom stereocenters. The lowest BCUT2D eigenvalue weighted by Crippen LogP contribution is -2.23. The molecular formula is C11H14F2IN3. The molecule has 1 aliphatic carbocycles. The van der Waals surface area contributed by atoms with Crippen molar-refractivity contribution < 1.29 is 8.78 Å². The summed E-state index contributed by atoms with van der Waals surface area (Å²) >= 11 is 0. The first kappa shape index (κ1) is 14.1. The normalized spacial score (nSPS) is 23.1. The Kier molecular flexibility index (Phi) is 5.10. The zero-order chi connectivity index (χ0) is 11.5. The van der Waals surface area contributed by atoms with Crippen molar-refractivity contribution in [1.29, 1.82) is 0 Å². The number of benzene rings is 1. The predicted octanol–water partition coefficient (Wildman–Crippen LogP) is 2.68. The van der Waals surface area contributed by atoms with Gasteiger partial charge in [0.2, 0.25) is 6.43 Å². The maximum atomic E-state index is 12.2. The number of anilines is 1. The summed E-state index contributed by atoms with van der Waals surface area (Å²) in [5, 5.41) is 2.86.